The highest BCUT2D eigenvalue weighted by Crippen LogP contribution is 2.42. The SMILES string of the molecule is COc1cccc(-c2c(C)c(Cc3c(F)cccc3C(F)(F)F)c3n(c2=O)C(CO)CS3)c1F. The van der Waals surface area contributed by atoms with Gasteiger partial charge in [-0.25, -0.2) is 8.78 Å². The standard InChI is InChI=1S/C24H20F5NO3S/c1-12-15(9-16-17(24(27,28)29)6-4-7-18(16)25)23-30(13(10-31)11-34-23)22(32)20(12)14-5-3-8-19(33-2)21(14)26/h3-8,13,31H,9-11H2,1-2H3. The maximum atomic E-state index is 15.2. The molecule has 2 heterocycles. The average molecular weight is 497 g/mol. The third kappa shape index (κ3) is 3.98. The van der Waals surface area contributed by atoms with E-state index in [9.17, 15) is 27.5 Å². The Balaban J connectivity index is 2.03. The van der Waals surface area contributed by atoms with Crippen LogP contribution >= 0.6 is 11.8 Å². The van der Waals surface area contributed by atoms with E-state index >= 15 is 4.39 Å². The van der Waals surface area contributed by atoms with Crippen molar-refractivity contribution in [2.45, 2.75) is 30.6 Å². The van der Waals surface area contributed by atoms with Gasteiger partial charge in [0.05, 0.1) is 35.9 Å². The van der Waals surface area contributed by atoms with Crippen molar-refractivity contribution >= 4 is 11.8 Å². The Labute approximate surface area is 196 Å². The topological polar surface area (TPSA) is 51.5 Å². The van der Waals surface area contributed by atoms with Crippen molar-refractivity contribution in [1.82, 2.24) is 4.57 Å². The number of hydrogen-bond acceptors (Lipinski definition) is 4. The molecule has 1 unspecified atom stereocenters. The molecule has 10 heteroatoms. The number of hydrogen-bond donors (Lipinski definition) is 1. The maximum absolute atomic E-state index is 15.2. The first-order chi connectivity index (χ1) is 16.1. The van der Waals surface area contributed by atoms with Gasteiger partial charge in [-0.05, 0) is 36.2 Å². The molecule has 0 fully saturated rings. The molecule has 1 N–H and O–H groups in total. The molecule has 0 saturated carbocycles. The molecule has 0 spiro atoms. The van der Waals surface area contributed by atoms with Crippen molar-refractivity contribution in [3.63, 3.8) is 0 Å². The van der Waals surface area contributed by atoms with Gasteiger partial charge in [0.25, 0.3) is 5.56 Å². The Bertz CT molecular complexity index is 1320. The second-order valence-electron chi connectivity index (χ2n) is 7.87. The van der Waals surface area contributed by atoms with Crippen LogP contribution in [-0.2, 0) is 12.6 Å². The van der Waals surface area contributed by atoms with Crippen molar-refractivity contribution < 1.29 is 31.8 Å². The number of nitrogens with zero attached hydrogens (tertiary/aromatic N) is 1. The van der Waals surface area contributed by atoms with Crippen molar-refractivity contribution in [3.05, 3.63) is 80.6 Å². The van der Waals surface area contributed by atoms with Gasteiger partial charge >= 0.3 is 6.18 Å². The predicted molar refractivity (Wildman–Crippen MR) is 118 cm³/mol. The molecule has 1 atom stereocenters. The lowest BCUT2D eigenvalue weighted by Crippen LogP contribution is -2.29. The molecule has 0 aliphatic carbocycles. The lowest BCUT2D eigenvalue weighted by atomic mass is 9.92. The Kier molecular flexibility index (Phi) is 6.48. The molecule has 34 heavy (non-hydrogen) atoms. The van der Waals surface area contributed by atoms with Crippen LogP contribution in [0.1, 0.15) is 28.3 Å². The minimum Gasteiger partial charge on any atom is -0.494 e. The Morgan fingerprint density at radius 1 is 1.15 bits per heavy atom. The summed E-state index contributed by atoms with van der Waals surface area (Å²) < 4.78 is 77.0. The summed E-state index contributed by atoms with van der Waals surface area (Å²) in [4.78, 5) is 13.5. The van der Waals surface area contributed by atoms with Crippen LogP contribution in [0.15, 0.2) is 46.2 Å². The van der Waals surface area contributed by atoms with E-state index in [1.807, 2.05) is 0 Å². The number of aliphatic hydroxyl groups is 1. The van der Waals surface area contributed by atoms with Crippen LogP contribution in [0.5, 0.6) is 5.75 Å². The number of aliphatic hydroxyl groups excluding tert-OH is 1. The number of methoxy groups -OCH3 is 1. The minimum absolute atomic E-state index is 0.0685. The van der Waals surface area contributed by atoms with Crippen molar-refractivity contribution in [2.75, 3.05) is 19.5 Å². The molecule has 4 rings (SSSR count). The average Bonchev–Trinajstić information content (AvgIpc) is 3.22. The summed E-state index contributed by atoms with van der Waals surface area (Å²) >= 11 is 1.19. The van der Waals surface area contributed by atoms with E-state index < -0.39 is 53.6 Å². The Morgan fingerprint density at radius 2 is 1.85 bits per heavy atom. The highest BCUT2D eigenvalue weighted by molar-refractivity contribution is 7.99. The summed E-state index contributed by atoms with van der Waals surface area (Å²) in [7, 11) is 1.27. The monoisotopic (exact) mass is 497 g/mol. The second-order valence-corrected chi connectivity index (χ2v) is 8.88. The van der Waals surface area contributed by atoms with Gasteiger partial charge in [-0.15, -0.1) is 11.8 Å². The van der Waals surface area contributed by atoms with Crippen LogP contribution in [0.25, 0.3) is 11.1 Å². The van der Waals surface area contributed by atoms with E-state index in [1.54, 1.807) is 0 Å². The van der Waals surface area contributed by atoms with E-state index in [-0.39, 0.29) is 28.0 Å². The predicted octanol–water partition coefficient (Wildman–Crippen LogP) is 5.36. The van der Waals surface area contributed by atoms with Crippen LogP contribution in [0, 0.1) is 18.6 Å². The number of rotatable bonds is 5. The molecule has 0 bridgehead atoms. The fourth-order valence-corrected chi connectivity index (χ4v) is 5.64. The summed E-state index contributed by atoms with van der Waals surface area (Å²) in [5.41, 5.74) is -1.91. The summed E-state index contributed by atoms with van der Waals surface area (Å²) in [5.74, 6) is -1.64. The quantitative estimate of drug-likeness (QED) is 0.483. The van der Waals surface area contributed by atoms with Crippen molar-refractivity contribution in [2.24, 2.45) is 0 Å². The Hall–Kier alpha value is -2.85. The van der Waals surface area contributed by atoms with Crippen LogP contribution in [-0.4, -0.2) is 29.1 Å². The molecular weight excluding hydrogens is 477 g/mol. The number of benzene rings is 2. The number of pyridine rings is 1. The molecular formula is C24H20F5NO3S. The first-order valence-corrected chi connectivity index (χ1v) is 11.3. The van der Waals surface area contributed by atoms with Gasteiger partial charge in [0.1, 0.15) is 5.82 Å². The third-order valence-electron chi connectivity index (χ3n) is 5.96. The van der Waals surface area contributed by atoms with Gasteiger partial charge in [0, 0.05) is 23.3 Å². The van der Waals surface area contributed by atoms with Gasteiger partial charge in [0.15, 0.2) is 11.6 Å². The van der Waals surface area contributed by atoms with Crippen LogP contribution < -0.4 is 10.3 Å². The van der Waals surface area contributed by atoms with Gasteiger partial charge < -0.3 is 9.84 Å². The summed E-state index contributed by atoms with van der Waals surface area (Å²) in [5, 5.41) is 10.1. The molecule has 1 aromatic heterocycles. The first kappa shape index (κ1) is 24.3. The molecule has 180 valence electrons. The van der Waals surface area contributed by atoms with E-state index in [1.165, 1.54) is 48.6 Å². The molecule has 1 aliphatic heterocycles. The van der Waals surface area contributed by atoms with Crippen LogP contribution in [0.4, 0.5) is 22.0 Å². The van der Waals surface area contributed by atoms with E-state index in [0.29, 0.717) is 10.8 Å². The lowest BCUT2D eigenvalue weighted by Gasteiger charge is -2.21. The maximum Gasteiger partial charge on any atom is 0.416 e. The van der Waals surface area contributed by atoms with E-state index in [0.717, 1.165) is 18.2 Å². The number of thioether (sulfide) groups is 1. The molecule has 4 nitrogen and oxygen atoms in total. The number of aromatic nitrogens is 1. The van der Waals surface area contributed by atoms with Crippen molar-refractivity contribution in [1.29, 1.82) is 0 Å². The van der Waals surface area contributed by atoms with Crippen LogP contribution in [0.2, 0.25) is 0 Å². The second kappa shape index (κ2) is 9.07. The lowest BCUT2D eigenvalue weighted by molar-refractivity contribution is -0.138. The molecule has 0 amide bonds. The van der Waals surface area contributed by atoms with Gasteiger partial charge in [0.2, 0.25) is 0 Å². The first-order valence-electron chi connectivity index (χ1n) is 10.3. The molecule has 3 aromatic rings. The zero-order valence-electron chi connectivity index (χ0n) is 18.2. The highest BCUT2D eigenvalue weighted by Gasteiger charge is 2.36. The minimum atomic E-state index is -4.79. The van der Waals surface area contributed by atoms with Gasteiger partial charge in [-0.3, -0.25) is 9.36 Å². The largest absolute Gasteiger partial charge is 0.494 e. The molecule has 2 aromatic carbocycles. The Morgan fingerprint density at radius 3 is 2.50 bits per heavy atom. The number of alkyl halides is 3. The fourth-order valence-electron chi connectivity index (χ4n) is 4.27. The smallest absolute Gasteiger partial charge is 0.416 e. The summed E-state index contributed by atoms with van der Waals surface area (Å²) in [6.07, 6.45) is -5.25. The zero-order valence-corrected chi connectivity index (χ0v) is 19.0. The van der Waals surface area contributed by atoms with E-state index in [2.05, 4.69) is 0 Å². The number of fused-ring (bicyclic) bond motifs is 1. The normalized spacial score (nSPS) is 15.5. The number of halogens is 5. The fraction of sp³-hybridized carbons (Fsp3) is 0.292. The van der Waals surface area contributed by atoms with Crippen molar-refractivity contribution in [3.8, 4) is 16.9 Å². The summed E-state index contributed by atoms with van der Waals surface area (Å²) in [6.45, 7) is 1.11. The highest BCUT2D eigenvalue weighted by atomic mass is 32.2. The molecule has 0 saturated heterocycles. The number of ether oxygens (including phenoxy) is 1. The zero-order chi connectivity index (χ0) is 24.8. The molecule has 1 aliphatic rings. The summed E-state index contributed by atoms with van der Waals surface area (Å²) in [6, 6.07) is 6.32. The van der Waals surface area contributed by atoms with Crippen LogP contribution in [0.3, 0.4) is 0 Å². The third-order valence-corrected chi connectivity index (χ3v) is 7.22. The van der Waals surface area contributed by atoms with Gasteiger partial charge in [-0.2, -0.15) is 13.2 Å². The van der Waals surface area contributed by atoms with E-state index in [4.69, 9.17) is 4.74 Å². The van der Waals surface area contributed by atoms with Gasteiger partial charge in [-0.1, -0.05) is 18.2 Å². The molecule has 0 radical (unpaired) electrons.